The molecule has 0 amide bonds. The summed E-state index contributed by atoms with van der Waals surface area (Å²) in [7, 11) is 0. The molecule has 0 fully saturated rings. The molecule has 1 aromatic heterocycles. The fourth-order valence-electron chi connectivity index (χ4n) is 0.301. The molecule has 0 radical (unpaired) electrons. The number of nitrogens with zero attached hydrogens (tertiary/aromatic N) is 3. The smallest absolute Gasteiger partial charge is 0.260 e. The molecule has 0 aliphatic carbocycles. The van der Waals surface area contributed by atoms with Crippen LogP contribution in [0.5, 0.6) is 0 Å². The van der Waals surface area contributed by atoms with Crippen molar-refractivity contribution in [1.29, 1.82) is 0 Å². The summed E-state index contributed by atoms with van der Waals surface area (Å²) in [6, 6.07) is 0. The Morgan fingerprint density at radius 1 is 1.62 bits per heavy atom. The molecule has 0 aliphatic heterocycles. The zero-order chi connectivity index (χ0) is 5.98. The predicted octanol–water partition coefficient (Wildman–Crippen LogP) is -0.215. The number of nitroso groups, excluding NO2 is 1. The van der Waals surface area contributed by atoms with Gasteiger partial charge in [0.1, 0.15) is 0 Å². The van der Waals surface area contributed by atoms with Crippen LogP contribution in [0.2, 0.25) is 0 Å². The van der Waals surface area contributed by atoms with Crippen LogP contribution in [-0.4, -0.2) is 15.4 Å². The van der Waals surface area contributed by atoms with E-state index in [0.717, 1.165) is 0 Å². The van der Waals surface area contributed by atoms with Gasteiger partial charge in [-0.25, -0.2) is 0 Å². The molecule has 3 N–H and O–H groups in total. The van der Waals surface area contributed by atoms with Gasteiger partial charge in [0.2, 0.25) is 0 Å². The van der Waals surface area contributed by atoms with Crippen molar-refractivity contribution >= 4 is 11.6 Å². The number of aromatic nitrogens is 3. The summed E-state index contributed by atoms with van der Waals surface area (Å²) in [6.07, 6.45) is 0. The quantitative estimate of drug-likeness (QED) is 0.492. The number of rotatable bonds is 1. The topological polar surface area (TPSA) is 97.0 Å². The Morgan fingerprint density at radius 3 is 2.62 bits per heavy atom. The van der Waals surface area contributed by atoms with Gasteiger partial charge >= 0.3 is 0 Å². The van der Waals surface area contributed by atoms with Gasteiger partial charge in [-0.15, -0.1) is 15.1 Å². The van der Waals surface area contributed by atoms with E-state index in [-0.39, 0.29) is 11.6 Å². The van der Waals surface area contributed by atoms with E-state index in [9.17, 15) is 4.91 Å². The first-order chi connectivity index (χ1) is 3.84. The average Bonchev–Trinajstić information content (AvgIpc) is 2.14. The second-order valence-electron chi connectivity index (χ2n) is 1.12. The van der Waals surface area contributed by atoms with Crippen molar-refractivity contribution < 1.29 is 0 Å². The Balaban J connectivity index is 3.09. The molecule has 6 nitrogen and oxygen atoms in total. The molecular formula is C2H3N5O. The third-order valence-corrected chi connectivity index (χ3v) is 0.642. The summed E-state index contributed by atoms with van der Waals surface area (Å²) < 4.78 is 0. The Bertz CT molecular complexity index is 192. The highest BCUT2D eigenvalue weighted by Gasteiger charge is 1.99. The van der Waals surface area contributed by atoms with Crippen molar-refractivity contribution in [3.8, 4) is 0 Å². The van der Waals surface area contributed by atoms with Gasteiger partial charge in [-0.3, -0.25) is 0 Å². The first-order valence-electron chi connectivity index (χ1n) is 1.84. The van der Waals surface area contributed by atoms with Gasteiger partial charge in [-0.1, -0.05) is 0 Å². The molecule has 1 aromatic rings. The summed E-state index contributed by atoms with van der Waals surface area (Å²) in [5.74, 6) is -0.0648. The highest BCUT2D eigenvalue weighted by atomic mass is 16.3. The van der Waals surface area contributed by atoms with Gasteiger partial charge < -0.3 is 5.73 Å². The molecule has 0 aliphatic rings. The maximum Gasteiger partial charge on any atom is 0.260 e. The fraction of sp³-hybridized carbons (Fsp3) is 0. The zero-order valence-electron chi connectivity index (χ0n) is 3.83. The van der Waals surface area contributed by atoms with Crippen LogP contribution in [0.4, 0.5) is 11.6 Å². The first-order valence-corrected chi connectivity index (χ1v) is 1.84. The number of nitrogens with one attached hydrogen (secondary N) is 1. The number of aromatic amines is 1. The summed E-state index contributed by atoms with van der Waals surface area (Å²) in [5, 5.41) is 11.2. The number of hydrogen-bond acceptors (Lipinski definition) is 5. The largest absolute Gasteiger partial charge is 0.379 e. The lowest BCUT2D eigenvalue weighted by molar-refractivity contribution is 0.942. The number of hydrogen-bond donors (Lipinski definition) is 2. The van der Waals surface area contributed by atoms with Crippen molar-refractivity contribution in [1.82, 2.24) is 15.4 Å². The van der Waals surface area contributed by atoms with Crippen LogP contribution in [0.1, 0.15) is 0 Å². The summed E-state index contributed by atoms with van der Waals surface area (Å²) in [6.45, 7) is 0. The minimum Gasteiger partial charge on any atom is -0.379 e. The molecule has 0 atom stereocenters. The number of nitrogen functional groups attached to an aromatic ring is 1. The maximum atomic E-state index is 9.64. The van der Waals surface area contributed by atoms with Crippen molar-refractivity contribution in [3.63, 3.8) is 0 Å². The van der Waals surface area contributed by atoms with Crippen LogP contribution in [0.15, 0.2) is 5.18 Å². The standard InChI is InChI=1S/C2H3N5O/c3-1-2(6-8)5-7-4-1/h(H3,3,4,5,7). The summed E-state index contributed by atoms with van der Waals surface area (Å²) >= 11 is 0. The van der Waals surface area contributed by atoms with E-state index in [1.54, 1.807) is 0 Å². The van der Waals surface area contributed by atoms with E-state index in [1.165, 1.54) is 0 Å². The average molecular weight is 113 g/mol. The second kappa shape index (κ2) is 1.57. The van der Waals surface area contributed by atoms with Crippen molar-refractivity contribution in [2.24, 2.45) is 5.18 Å². The van der Waals surface area contributed by atoms with Gasteiger partial charge in [0, 0.05) is 0 Å². The molecule has 1 heterocycles. The van der Waals surface area contributed by atoms with E-state index in [4.69, 9.17) is 5.73 Å². The second-order valence-corrected chi connectivity index (χ2v) is 1.12. The molecule has 0 saturated carbocycles. The van der Waals surface area contributed by atoms with Crippen molar-refractivity contribution in [2.45, 2.75) is 0 Å². The highest BCUT2D eigenvalue weighted by molar-refractivity contribution is 5.48. The molecule has 0 bridgehead atoms. The van der Waals surface area contributed by atoms with E-state index in [1.807, 2.05) is 0 Å². The molecule has 1 rings (SSSR count). The van der Waals surface area contributed by atoms with Gasteiger partial charge in [-0.2, -0.15) is 5.21 Å². The van der Waals surface area contributed by atoms with Crippen LogP contribution in [0.25, 0.3) is 0 Å². The van der Waals surface area contributed by atoms with Gasteiger partial charge in [0.25, 0.3) is 5.82 Å². The molecule has 0 spiro atoms. The zero-order valence-corrected chi connectivity index (χ0v) is 3.83. The first kappa shape index (κ1) is 4.69. The van der Waals surface area contributed by atoms with E-state index in [0.29, 0.717) is 0 Å². The van der Waals surface area contributed by atoms with E-state index >= 15 is 0 Å². The van der Waals surface area contributed by atoms with Crippen molar-refractivity contribution in [3.05, 3.63) is 4.91 Å². The lowest BCUT2D eigenvalue weighted by atomic mass is 10.7. The minimum atomic E-state index is -0.0926. The van der Waals surface area contributed by atoms with Crippen LogP contribution in [0.3, 0.4) is 0 Å². The van der Waals surface area contributed by atoms with E-state index in [2.05, 4.69) is 20.6 Å². The Kier molecular flexibility index (Phi) is 0.918. The Hall–Kier alpha value is -1.46. The lowest BCUT2D eigenvalue weighted by Gasteiger charge is -1.73. The van der Waals surface area contributed by atoms with E-state index < -0.39 is 0 Å². The molecule has 0 unspecified atom stereocenters. The molecule has 8 heavy (non-hydrogen) atoms. The molecule has 0 aromatic carbocycles. The normalized spacial score (nSPS) is 9.00. The van der Waals surface area contributed by atoms with Gasteiger partial charge in [0.15, 0.2) is 5.82 Å². The lowest BCUT2D eigenvalue weighted by Crippen LogP contribution is -1.82. The summed E-state index contributed by atoms with van der Waals surface area (Å²) in [5.41, 5.74) is 5.05. The third-order valence-electron chi connectivity index (χ3n) is 0.642. The van der Waals surface area contributed by atoms with Gasteiger partial charge in [-0.05, 0) is 5.18 Å². The minimum absolute atomic E-state index is 0.0278. The van der Waals surface area contributed by atoms with Crippen LogP contribution < -0.4 is 5.73 Å². The SMILES string of the molecule is Nc1n[nH]nc1N=O. The number of anilines is 1. The molecular weight excluding hydrogens is 110 g/mol. The molecule has 0 saturated heterocycles. The van der Waals surface area contributed by atoms with Gasteiger partial charge in [0.05, 0.1) is 0 Å². The van der Waals surface area contributed by atoms with Crippen molar-refractivity contribution in [2.75, 3.05) is 5.73 Å². The highest BCUT2D eigenvalue weighted by Crippen LogP contribution is 2.11. The fourth-order valence-corrected chi connectivity index (χ4v) is 0.301. The number of nitrogens with two attached hydrogens (primary N) is 1. The monoisotopic (exact) mass is 113 g/mol. The maximum absolute atomic E-state index is 9.64. The van der Waals surface area contributed by atoms with Crippen LogP contribution >= 0.6 is 0 Å². The molecule has 42 valence electrons. The Morgan fingerprint density at radius 2 is 2.38 bits per heavy atom. The van der Waals surface area contributed by atoms with Crippen LogP contribution in [-0.2, 0) is 0 Å². The number of H-pyrrole nitrogens is 1. The summed E-state index contributed by atoms with van der Waals surface area (Å²) in [4.78, 5) is 9.64. The predicted molar refractivity (Wildman–Crippen MR) is 26.3 cm³/mol. The van der Waals surface area contributed by atoms with Crippen LogP contribution in [0, 0.1) is 4.91 Å². The third kappa shape index (κ3) is 0.512. The Labute approximate surface area is 44.1 Å². The molecule has 6 heteroatoms.